The number of carbonyl (C=O) groups is 1. The van der Waals surface area contributed by atoms with E-state index in [1.165, 1.54) is 23.1 Å². The molecule has 2 aromatic carbocycles. The van der Waals surface area contributed by atoms with Crippen LogP contribution < -0.4 is 9.64 Å². The van der Waals surface area contributed by atoms with Gasteiger partial charge in [-0.05, 0) is 43.2 Å². The van der Waals surface area contributed by atoms with E-state index in [-0.39, 0.29) is 36.9 Å². The standard InChI is InChI=1S/C19H19N3O4/c1-14-9-15(2)11-17(10-14)21(8-4-7-20)19(23)13-26-18-6-3-5-16(12-18)22(24)25/h3,5-6,9-12H,4,8,13H2,1-2H3. The van der Waals surface area contributed by atoms with Crippen LogP contribution in [0.3, 0.4) is 0 Å². The third kappa shape index (κ3) is 5.05. The number of nitrogens with zero attached hydrogens (tertiary/aromatic N) is 3. The summed E-state index contributed by atoms with van der Waals surface area (Å²) in [4.78, 5) is 24.4. The average Bonchev–Trinajstić information content (AvgIpc) is 2.59. The monoisotopic (exact) mass is 353 g/mol. The van der Waals surface area contributed by atoms with Crippen LogP contribution in [0, 0.1) is 35.3 Å². The second-order valence-electron chi connectivity index (χ2n) is 5.84. The first-order valence-electron chi connectivity index (χ1n) is 8.03. The normalized spacial score (nSPS) is 10.0. The Morgan fingerprint density at radius 3 is 2.54 bits per heavy atom. The molecule has 0 aliphatic heterocycles. The molecule has 0 radical (unpaired) electrons. The molecule has 26 heavy (non-hydrogen) atoms. The molecule has 0 aromatic heterocycles. The maximum Gasteiger partial charge on any atom is 0.273 e. The van der Waals surface area contributed by atoms with Crippen LogP contribution in [-0.2, 0) is 4.79 Å². The molecule has 7 nitrogen and oxygen atoms in total. The highest BCUT2D eigenvalue weighted by Gasteiger charge is 2.17. The molecule has 0 saturated heterocycles. The highest BCUT2D eigenvalue weighted by molar-refractivity contribution is 5.94. The summed E-state index contributed by atoms with van der Waals surface area (Å²) in [6, 6.07) is 13.4. The van der Waals surface area contributed by atoms with Crippen LogP contribution in [0.2, 0.25) is 0 Å². The minimum Gasteiger partial charge on any atom is -0.483 e. The first kappa shape index (κ1) is 18.9. The Bertz CT molecular complexity index is 838. The summed E-state index contributed by atoms with van der Waals surface area (Å²) in [7, 11) is 0. The summed E-state index contributed by atoms with van der Waals surface area (Å²) >= 11 is 0. The van der Waals surface area contributed by atoms with Crippen molar-refractivity contribution in [3.8, 4) is 11.8 Å². The molecule has 134 valence electrons. The van der Waals surface area contributed by atoms with Gasteiger partial charge in [-0.2, -0.15) is 5.26 Å². The van der Waals surface area contributed by atoms with Crippen LogP contribution >= 0.6 is 0 Å². The first-order valence-corrected chi connectivity index (χ1v) is 8.03. The number of hydrogen-bond donors (Lipinski definition) is 0. The van der Waals surface area contributed by atoms with Crippen molar-refractivity contribution in [3.05, 3.63) is 63.7 Å². The molecule has 0 heterocycles. The number of carbonyl (C=O) groups excluding carboxylic acids is 1. The minimum atomic E-state index is -0.524. The molecule has 0 aliphatic carbocycles. The zero-order valence-electron chi connectivity index (χ0n) is 14.6. The van der Waals surface area contributed by atoms with Crippen molar-refractivity contribution >= 4 is 17.3 Å². The van der Waals surface area contributed by atoms with Gasteiger partial charge in [-0.15, -0.1) is 0 Å². The van der Waals surface area contributed by atoms with Gasteiger partial charge in [-0.3, -0.25) is 14.9 Å². The van der Waals surface area contributed by atoms with Gasteiger partial charge in [0.2, 0.25) is 0 Å². The second kappa shape index (κ2) is 8.62. The lowest BCUT2D eigenvalue weighted by molar-refractivity contribution is -0.384. The molecule has 0 fully saturated rings. The average molecular weight is 353 g/mol. The van der Waals surface area contributed by atoms with Gasteiger partial charge >= 0.3 is 0 Å². The molecular weight excluding hydrogens is 334 g/mol. The minimum absolute atomic E-state index is 0.106. The van der Waals surface area contributed by atoms with Gasteiger partial charge < -0.3 is 9.64 Å². The zero-order valence-corrected chi connectivity index (χ0v) is 14.6. The Hall–Kier alpha value is -3.40. The predicted octanol–water partition coefficient (Wildman–Crippen LogP) is 3.54. The molecule has 2 rings (SSSR count). The Balaban J connectivity index is 2.15. The molecule has 0 bridgehead atoms. The van der Waals surface area contributed by atoms with E-state index in [1.807, 2.05) is 38.1 Å². The molecular formula is C19H19N3O4. The number of anilines is 1. The third-order valence-corrected chi connectivity index (χ3v) is 3.66. The molecule has 0 atom stereocenters. The number of non-ortho nitro benzene ring substituents is 1. The van der Waals surface area contributed by atoms with E-state index in [4.69, 9.17) is 10.00 Å². The Kier molecular flexibility index (Phi) is 6.28. The van der Waals surface area contributed by atoms with Gasteiger partial charge in [0, 0.05) is 18.3 Å². The Labute approximate surface area is 151 Å². The molecule has 1 amide bonds. The second-order valence-corrected chi connectivity index (χ2v) is 5.84. The van der Waals surface area contributed by atoms with E-state index in [0.29, 0.717) is 5.69 Å². The van der Waals surface area contributed by atoms with Crippen molar-refractivity contribution in [2.24, 2.45) is 0 Å². The number of nitro groups is 1. The molecule has 0 unspecified atom stereocenters. The van der Waals surface area contributed by atoms with Crippen molar-refractivity contribution in [1.82, 2.24) is 0 Å². The highest BCUT2D eigenvalue weighted by Crippen LogP contribution is 2.21. The molecule has 0 spiro atoms. The maximum atomic E-state index is 12.6. The molecule has 0 aliphatic rings. The largest absolute Gasteiger partial charge is 0.483 e. The lowest BCUT2D eigenvalue weighted by Crippen LogP contribution is -2.35. The number of rotatable bonds is 7. The van der Waals surface area contributed by atoms with E-state index in [0.717, 1.165) is 11.1 Å². The fraction of sp³-hybridized carbons (Fsp3) is 0.263. The fourth-order valence-electron chi connectivity index (χ4n) is 2.58. The highest BCUT2D eigenvalue weighted by atomic mass is 16.6. The van der Waals surface area contributed by atoms with E-state index in [9.17, 15) is 14.9 Å². The third-order valence-electron chi connectivity index (χ3n) is 3.66. The Morgan fingerprint density at radius 1 is 1.23 bits per heavy atom. The van der Waals surface area contributed by atoms with Crippen molar-refractivity contribution in [2.45, 2.75) is 20.3 Å². The van der Waals surface area contributed by atoms with Crippen molar-refractivity contribution in [3.63, 3.8) is 0 Å². The number of benzene rings is 2. The number of hydrogen-bond acceptors (Lipinski definition) is 5. The van der Waals surface area contributed by atoms with Gasteiger partial charge in [0.25, 0.3) is 11.6 Å². The SMILES string of the molecule is Cc1cc(C)cc(N(CCC#N)C(=O)COc2cccc([N+](=O)[O-])c2)c1. The van der Waals surface area contributed by atoms with Crippen LogP contribution in [0.4, 0.5) is 11.4 Å². The predicted molar refractivity (Wildman–Crippen MR) is 97.1 cm³/mol. The van der Waals surface area contributed by atoms with Crippen LogP contribution in [0.25, 0.3) is 0 Å². The fourth-order valence-corrected chi connectivity index (χ4v) is 2.58. The van der Waals surface area contributed by atoms with Crippen LogP contribution in [-0.4, -0.2) is 24.0 Å². The number of aryl methyl sites for hydroxylation is 2. The number of amides is 1. The molecule has 0 saturated carbocycles. The molecule has 0 N–H and O–H groups in total. The summed E-state index contributed by atoms with van der Waals surface area (Å²) in [5.74, 6) is -0.0787. The van der Waals surface area contributed by atoms with Crippen LogP contribution in [0.5, 0.6) is 5.75 Å². The van der Waals surface area contributed by atoms with Gasteiger partial charge in [0.15, 0.2) is 6.61 Å². The van der Waals surface area contributed by atoms with Gasteiger partial charge in [-0.1, -0.05) is 12.1 Å². The van der Waals surface area contributed by atoms with Gasteiger partial charge in [-0.25, -0.2) is 0 Å². The van der Waals surface area contributed by atoms with Crippen LogP contribution in [0.1, 0.15) is 17.5 Å². The molecule has 2 aromatic rings. The van der Waals surface area contributed by atoms with Gasteiger partial charge in [0.05, 0.1) is 23.5 Å². The quantitative estimate of drug-likeness (QED) is 0.560. The topological polar surface area (TPSA) is 96.5 Å². The van der Waals surface area contributed by atoms with E-state index >= 15 is 0 Å². The van der Waals surface area contributed by atoms with Crippen molar-refractivity contribution in [2.75, 3.05) is 18.1 Å². The first-order chi connectivity index (χ1) is 12.4. The number of nitro benzene ring substituents is 1. The summed E-state index contributed by atoms with van der Waals surface area (Å²) in [5.41, 5.74) is 2.61. The summed E-state index contributed by atoms with van der Waals surface area (Å²) in [6.07, 6.45) is 0.190. The van der Waals surface area contributed by atoms with Gasteiger partial charge in [0.1, 0.15) is 5.75 Å². The lowest BCUT2D eigenvalue weighted by atomic mass is 10.1. The number of ether oxygens (including phenoxy) is 1. The smallest absolute Gasteiger partial charge is 0.273 e. The lowest BCUT2D eigenvalue weighted by Gasteiger charge is -2.23. The zero-order chi connectivity index (χ0) is 19.1. The maximum absolute atomic E-state index is 12.6. The summed E-state index contributed by atoms with van der Waals surface area (Å²) in [6.45, 7) is 3.84. The summed E-state index contributed by atoms with van der Waals surface area (Å²) in [5, 5.41) is 19.7. The number of nitriles is 1. The van der Waals surface area contributed by atoms with Crippen molar-refractivity contribution < 1.29 is 14.5 Å². The summed E-state index contributed by atoms with van der Waals surface area (Å²) < 4.78 is 5.42. The Morgan fingerprint density at radius 2 is 1.92 bits per heavy atom. The van der Waals surface area contributed by atoms with Crippen molar-refractivity contribution in [1.29, 1.82) is 5.26 Å². The van der Waals surface area contributed by atoms with E-state index < -0.39 is 4.92 Å². The van der Waals surface area contributed by atoms with Crippen LogP contribution in [0.15, 0.2) is 42.5 Å². The van der Waals surface area contributed by atoms with E-state index in [1.54, 1.807) is 6.07 Å². The van der Waals surface area contributed by atoms with E-state index in [2.05, 4.69) is 0 Å². The molecule has 7 heteroatoms.